The molecule has 0 amide bonds. The van der Waals surface area contributed by atoms with Gasteiger partial charge in [0.2, 0.25) is 0 Å². The van der Waals surface area contributed by atoms with E-state index in [0.717, 1.165) is 6.54 Å². The van der Waals surface area contributed by atoms with Gasteiger partial charge in [-0.3, -0.25) is 0 Å². The number of hydrogen-bond acceptors (Lipinski definition) is 2. The Morgan fingerprint density at radius 2 is 1.60 bits per heavy atom. The lowest BCUT2D eigenvalue weighted by molar-refractivity contribution is 0.354. The summed E-state index contributed by atoms with van der Waals surface area (Å²) in [6, 6.07) is 9.99. The molecule has 0 bridgehead atoms. The first-order valence-electron chi connectivity index (χ1n) is 7.71. The number of hydrogen-bond donors (Lipinski definition) is 1. The summed E-state index contributed by atoms with van der Waals surface area (Å²) in [7, 11) is 4.25. The van der Waals surface area contributed by atoms with E-state index in [2.05, 4.69) is 83.2 Å². The molecule has 0 fully saturated rings. The predicted octanol–water partition coefficient (Wildman–Crippen LogP) is 3.97. The zero-order valence-corrected chi connectivity index (χ0v) is 14.3. The third-order valence-corrected chi connectivity index (χ3v) is 3.82. The van der Waals surface area contributed by atoms with Gasteiger partial charge in [-0.05, 0) is 57.5 Å². The lowest BCUT2D eigenvalue weighted by Gasteiger charge is -2.23. The van der Waals surface area contributed by atoms with Crippen LogP contribution in [0, 0.1) is 0 Å². The van der Waals surface area contributed by atoms with Crippen LogP contribution >= 0.6 is 0 Å². The summed E-state index contributed by atoms with van der Waals surface area (Å²) in [5, 5.41) is 3.68. The minimum absolute atomic E-state index is 0.230. The summed E-state index contributed by atoms with van der Waals surface area (Å²) >= 11 is 0. The lowest BCUT2D eigenvalue weighted by atomic mass is 9.86. The molecule has 1 rings (SSSR count). The number of benzene rings is 1. The summed E-state index contributed by atoms with van der Waals surface area (Å²) in [5.41, 5.74) is 3.00. The maximum atomic E-state index is 3.68. The van der Waals surface area contributed by atoms with Crippen LogP contribution in [0.5, 0.6) is 0 Å². The van der Waals surface area contributed by atoms with Crippen molar-refractivity contribution in [3.63, 3.8) is 0 Å². The van der Waals surface area contributed by atoms with Gasteiger partial charge in [-0.25, -0.2) is 0 Å². The first-order chi connectivity index (χ1) is 9.20. The van der Waals surface area contributed by atoms with Crippen LogP contribution in [0.4, 0.5) is 0 Å². The second-order valence-corrected chi connectivity index (χ2v) is 7.25. The van der Waals surface area contributed by atoms with Gasteiger partial charge < -0.3 is 10.2 Å². The molecule has 0 spiro atoms. The van der Waals surface area contributed by atoms with E-state index in [1.54, 1.807) is 0 Å². The number of nitrogens with zero attached hydrogens (tertiary/aromatic N) is 1. The van der Waals surface area contributed by atoms with Crippen LogP contribution in [0.25, 0.3) is 0 Å². The minimum atomic E-state index is 0.230. The third-order valence-electron chi connectivity index (χ3n) is 3.82. The number of rotatable bonds is 6. The molecule has 0 aliphatic rings. The molecule has 0 radical (unpaired) electrons. The maximum absolute atomic E-state index is 3.68. The van der Waals surface area contributed by atoms with Crippen LogP contribution in [0.3, 0.4) is 0 Å². The Hall–Kier alpha value is -0.860. The molecule has 1 aromatic carbocycles. The van der Waals surface area contributed by atoms with E-state index < -0.39 is 0 Å². The molecule has 1 N–H and O–H groups in total. The summed E-state index contributed by atoms with van der Waals surface area (Å²) in [5.74, 6) is 0. The van der Waals surface area contributed by atoms with E-state index in [-0.39, 0.29) is 5.41 Å². The molecular formula is C18H32N2. The van der Waals surface area contributed by atoms with E-state index in [4.69, 9.17) is 0 Å². The molecular weight excluding hydrogens is 244 g/mol. The zero-order chi connectivity index (χ0) is 15.3. The van der Waals surface area contributed by atoms with Gasteiger partial charge >= 0.3 is 0 Å². The molecule has 114 valence electrons. The summed E-state index contributed by atoms with van der Waals surface area (Å²) < 4.78 is 0. The normalized spacial score (nSPS) is 15.4. The largest absolute Gasteiger partial charge is 0.309 e. The van der Waals surface area contributed by atoms with Crippen molar-refractivity contribution in [2.45, 2.75) is 58.5 Å². The fourth-order valence-corrected chi connectivity index (χ4v) is 2.33. The SMILES string of the molecule is CC(CCN(C)C)NC(C)c1ccc(C(C)(C)C)cc1. The van der Waals surface area contributed by atoms with Crippen molar-refractivity contribution in [3.8, 4) is 0 Å². The number of nitrogens with one attached hydrogen (secondary N) is 1. The fraction of sp³-hybridized carbons (Fsp3) is 0.667. The lowest BCUT2D eigenvalue weighted by Crippen LogP contribution is -2.31. The Balaban J connectivity index is 2.57. The molecule has 2 unspecified atom stereocenters. The first kappa shape index (κ1) is 17.2. The summed E-state index contributed by atoms with van der Waals surface area (Å²) in [6.45, 7) is 12.4. The van der Waals surface area contributed by atoms with E-state index in [0.29, 0.717) is 12.1 Å². The van der Waals surface area contributed by atoms with Crippen molar-refractivity contribution in [1.82, 2.24) is 10.2 Å². The predicted molar refractivity (Wildman–Crippen MR) is 89.3 cm³/mol. The van der Waals surface area contributed by atoms with Gasteiger partial charge in [0.1, 0.15) is 0 Å². The highest BCUT2D eigenvalue weighted by atomic mass is 15.1. The fourth-order valence-electron chi connectivity index (χ4n) is 2.33. The molecule has 2 nitrogen and oxygen atoms in total. The van der Waals surface area contributed by atoms with Crippen LogP contribution in [-0.4, -0.2) is 31.6 Å². The van der Waals surface area contributed by atoms with Crippen molar-refractivity contribution in [3.05, 3.63) is 35.4 Å². The first-order valence-corrected chi connectivity index (χ1v) is 7.71. The van der Waals surface area contributed by atoms with Crippen molar-refractivity contribution in [1.29, 1.82) is 0 Å². The Kier molecular flexibility index (Phi) is 6.22. The van der Waals surface area contributed by atoms with Crippen molar-refractivity contribution in [2.24, 2.45) is 0 Å². The van der Waals surface area contributed by atoms with Gasteiger partial charge in [-0.15, -0.1) is 0 Å². The Bertz CT molecular complexity index is 387. The summed E-state index contributed by atoms with van der Waals surface area (Å²) in [4.78, 5) is 2.24. The topological polar surface area (TPSA) is 15.3 Å². The van der Waals surface area contributed by atoms with Crippen molar-refractivity contribution < 1.29 is 0 Å². The Labute approximate surface area is 125 Å². The van der Waals surface area contributed by atoms with Gasteiger partial charge in [0.25, 0.3) is 0 Å². The maximum Gasteiger partial charge on any atom is 0.0294 e. The highest BCUT2D eigenvalue weighted by Gasteiger charge is 2.14. The van der Waals surface area contributed by atoms with Crippen LogP contribution in [-0.2, 0) is 5.41 Å². The molecule has 0 aromatic heterocycles. The van der Waals surface area contributed by atoms with Crippen molar-refractivity contribution in [2.75, 3.05) is 20.6 Å². The van der Waals surface area contributed by atoms with Crippen LogP contribution < -0.4 is 5.32 Å². The quantitative estimate of drug-likeness (QED) is 0.845. The molecule has 0 aliphatic carbocycles. The average Bonchev–Trinajstić information content (AvgIpc) is 2.35. The van der Waals surface area contributed by atoms with Crippen LogP contribution in [0.1, 0.15) is 58.2 Å². The molecule has 1 aromatic rings. The molecule has 0 aliphatic heterocycles. The zero-order valence-electron chi connectivity index (χ0n) is 14.3. The van der Waals surface area contributed by atoms with Gasteiger partial charge in [0.15, 0.2) is 0 Å². The van der Waals surface area contributed by atoms with E-state index in [1.165, 1.54) is 17.5 Å². The molecule has 2 heteroatoms. The Morgan fingerprint density at radius 3 is 2.05 bits per heavy atom. The molecule has 0 saturated carbocycles. The highest BCUT2D eigenvalue weighted by molar-refractivity contribution is 5.29. The molecule has 0 heterocycles. The summed E-state index contributed by atoms with van der Waals surface area (Å²) in [6.07, 6.45) is 1.18. The second-order valence-electron chi connectivity index (χ2n) is 7.25. The van der Waals surface area contributed by atoms with E-state index >= 15 is 0 Å². The molecule has 20 heavy (non-hydrogen) atoms. The minimum Gasteiger partial charge on any atom is -0.309 e. The van der Waals surface area contributed by atoms with E-state index in [1.807, 2.05) is 0 Å². The van der Waals surface area contributed by atoms with Gasteiger partial charge in [0.05, 0.1) is 0 Å². The third kappa shape index (κ3) is 5.64. The van der Waals surface area contributed by atoms with Crippen LogP contribution in [0.15, 0.2) is 24.3 Å². The monoisotopic (exact) mass is 276 g/mol. The van der Waals surface area contributed by atoms with Gasteiger partial charge in [0, 0.05) is 12.1 Å². The molecule has 2 atom stereocenters. The molecule has 0 saturated heterocycles. The van der Waals surface area contributed by atoms with Gasteiger partial charge in [-0.1, -0.05) is 45.0 Å². The highest BCUT2D eigenvalue weighted by Crippen LogP contribution is 2.24. The Morgan fingerprint density at radius 1 is 1.05 bits per heavy atom. The van der Waals surface area contributed by atoms with E-state index in [9.17, 15) is 0 Å². The van der Waals surface area contributed by atoms with Crippen LogP contribution in [0.2, 0.25) is 0 Å². The van der Waals surface area contributed by atoms with Crippen molar-refractivity contribution >= 4 is 0 Å². The standard InChI is InChI=1S/C18H32N2/c1-14(12-13-20(6)7)19-15(2)16-8-10-17(11-9-16)18(3,4)5/h8-11,14-15,19H,12-13H2,1-7H3. The average molecular weight is 276 g/mol. The van der Waals surface area contributed by atoms with Gasteiger partial charge in [-0.2, -0.15) is 0 Å². The smallest absolute Gasteiger partial charge is 0.0294 e. The second kappa shape index (κ2) is 7.24.